The van der Waals surface area contributed by atoms with Crippen LogP contribution in [0.2, 0.25) is 0 Å². The lowest BCUT2D eigenvalue weighted by Crippen LogP contribution is -2.47. The fourth-order valence-electron chi connectivity index (χ4n) is 2.38. The first-order chi connectivity index (χ1) is 9.83. The van der Waals surface area contributed by atoms with E-state index >= 15 is 0 Å². The number of carbonyl (C=O) groups is 1. The van der Waals surface area contributed by atoms with Gasteiger partial charge in [-0.15, -0.1) is 0 Å². The van der Waals surface area contributed by atoms with Gasteiger partial charge in [-0.3, -0.25) is 0 Å². The van der Waals surface area contributed by atoms with E-state index in [2.05, 4.69) is 6.92 Å². The quantitative estimate of drug-likeness (QED) is 0.766. The molecule has 2 unspecified atom stereocenters. The first-order valence-electron chi connectivity index (χ1n) is 8.07. The Bertz CT molecular complexity index is 314. The molecule has 0 aromatic rings. The maximum atomic E-state index is 12.1. The van der Waals surface area contributed by atoms with E-state index in [0.717, 1.165) is 25.9 Å². The van der Waals surface area contributed by atoms with E-state index in [1.807, 2.05) is 20.8 Å². The third-order valence-electron chi connectivity index (χ3n) is 3.62. The molecule has 21 heavy (non-hydrogen) atoms. The average Bonchev–Trinajstić information content (AvgIpc) is 2.38. The van der Waals surface area contributed by atoms with Gasteiger partial charge in [0.05, 0.1) is 6.10 Å². The van der Waals surface area contributed by atoms with E-state index in [1.165, 1.54) is 0 Å². The Kier molecular flexibility index (Phi) is 7.46. The topological polar surface area (TPSA) is 59.0 Å². The SMILES string of the molecule is CCCCOCCC1CN(C(=O)OC(C)(C)C)CCC1O. The summed E-state index contributed by atoms with van der Waals surface area (Å²) in [6.07, 6.45) is 2.95. The number of aliphatic hydroxyl groups excluding tert-OH is 1. The predicted octanol–water partition coefficient (Wildman–Crippen LogP) is 2.81. The number of carbonyl (C=O) groups excluding carboxylic acids is 1. The summed E-state index contributed by atoms with van der Waals surface area (Å²) in [6, 6.07) is 0. The van der Waals surface area contributed by atoms with Crippen molar-refractivity contribution in [2.75, 3.05) is 26.3 Å². The smallest absolute Gasteiger partial charge is 0.410 e. The molecule has 0 aromatic heterocycles. The van der Waals surface area contributed by atoms with Crippen molar-refractivity contribution in [3.05, 3.63) is 0 Å². The second kappa shape index (κ2) is 8.59. The molecule has 1 aliphatic heterocycles. The van der Waals surface area contributed by atoms with Crippen LogP contribution in [0.1, 0.15) is 53.4 Å². The summed E-state index contributed by atoms with van der Waals surface area (Å²) in [5, 5.41) is 10.1. The Morgan fingerprint density at radius 3 is 2.67 bits per heavy atom. The maximum absolute atomic E-state index is 12.1. The number of aliphatic hydroxyl groups is 1. The van der Waals surface area contributed by atoms with E-state index in [0.29, 0.717) is 26.1 Å². The average molecular weight is 301 g/mol. The predicted molar refractivity (Wildman–Crippen MR) is 82.3 cm³/mol. The van der Waals surface area contributed by atoms with Gasteiger partial charge in [-0.05, 0) is 40.0 Å². The zero-order chi connectivity index (χ0) is 15.9. The third-order valence-corrected chi connectivity index (χ3v) is 3.62. The van der Waals surface area contributed by atoms with Crippen LogP contribution in [-0.2, 0) is 9.47 Å². The molecule has 0 radical (unpaired) electrons. The zero-order valence-electron chi connectivity index (χ0n) is 13.9. The molecule has 1 saturated heterocycles. The highest BCUT2D eigenvalue weighted by atomic mass is 16.6. The van der Waals surface area contributed by atoms with Crippen molar-refractivity contribution in [2.45, 2.75) is 65.1 Å². The number of rotatable bonds is 6. The second-order valence-corrected chi connectivity index (χ2v) is 6.80. The van der Waals surface area contributed by atoms with Crippen molar-refractivity contribution in [3.8, 4) is 0 Å². The van der Waals surface area contributed by atoms with Gasteiger partial charge in [0.15, 0.2) is 0 Å². The van der Waals surface area contributed by atoms with Gasteiger partial charge in [0.1, 0.15) is 5.60 Å². The molecule has 1 aliphatic rings. The first-order valence-corrected chi connectivity index (χ1v) is 8.07. The molecule has 2 atom stereocenters. The highest BCUT2D eigenvalue weighted by Gasteiger charge is 2.32. The number of nitrogens with zero attached hydrogens (tertiary/aromatic N) is 1. The van der Waals surface area contributed by atoms with Crippen molar-refractivity contribution in [2.24, 2.45) is 5.92 Å². The van der Waals surface area contributed by atoms with Gasteiger partial charge in [0, 0.05) is 32.2 Å². The van der Waals surface area contributed by atoms with Gasteiger partial charge >= 0.3 is 6.09 Å². The Morgan fingerprint density at radius 1 is 1.33 bits per heavy atom. The Balaban J connectivity index is 2.37. The molecular weight excluding hydrogens is 270 g/mol. The van der Waals surface area contributed by atoms with Crippen molar-refractivity contribution in [3.63, 3.8) is 0 Å². The summed E-state index contributed by atoms with van der Waals surface area (Å²) < 4.78 is 10.9. The van der Waals surface area contributed by atoms with Gasteiger partial charge in [0.2, 0.25) is 0 Å². The molecule has 0 bridgehead atoms. The monoisotopic (exact) mass is 301 g/mol. The van der Waals surface area contributed by atoms with Crippen molar-refractivity contribution in [1.29, 1.82) is 0 Å². The van der Waals surface area contributed by atoms with Gasteiger partial charge in [-0.1, -0.05) is 13.3 Å². The molecule has 1 heterocycles. The van der Waals surface area contributed by atoms with Crippen LogP contribution in [-0.4, -0.2) is 54.1 Å². The molecule has 124 valence electrons. The van der Waals surface area contributed by atoms with Crippen molar-refractivity contribution < 1.29 is 19.4 Å². The minimum atomic E-state index is -0.480. The normalized spacial score (nSPS) is 23.2. The summed E-state index contributed by atoms with van der Waals surface area (Å²) in [5.41, 5.74) is -0.480. The van der Waals surface area contributed by atoms with Gasteiger partial charge in [-0.2, -0.15) is 0 Å². The van der Waals surface area contributed by atoms with Crippen LogP contribution in [0.5, 0.6) is 0 Å². The Hall–Kier alpha value is -0.810. The molecule has 0 aromatic carbocycles. The van der Waals surface area contributed by atoms with Crippen LogP contribution in [0.4, 0.5) is 4.79 Å². The molecule has 1 rings (SSSR count). The molecule has 1 amide bonds. The molecular formula is C16H31NO4. The number of unbranched alkanes of at least 4 members (excludes halogenated alkanes) is 1. The van der Waals surface area contributed by atoms with Crippen LogP contribution in [0.25, 0.3) is 0 Å². The van der Waals surface area contributed by atoms with Gasteiger partial charge in [-0.25, -0.2) is 4.79 Å². The summed E-state index contributed by atoms with van der Waals surface area (Å²) in [7, 11) is 0. The zero-order valence-corrected chi connectivity index (χ0v) is 13.9. The second-order valence-electron chi connectivity index (χ2n) is 6.80. The van der Waals surface area contributed by atoms with Gasteiger partial charge in [0.25, 0.3) is 0 Å². The molecule has 5 heteroatoms. The molecule has 0 saturated carbocycles. The number of amides is 1. The summed E-state index contributed by atoms with van der Waals surface area (Å²) in [4.78, 5) is 13.8. The van der Waals surface area contributed by atoms with Crippen molar-refractivity contribution >= 4 is 6.09 Å². The van der Waals surface area contributed by atoms with Crippen LogP contribution in [0, 0.1) is 5.92 Å². The highest BCUT2D eigenvalue weighted by Crippen LogP contribution is 2.22. The molecule has 1 fully saturated rings. The summed E-state index contributed by atoms with van der Waals surface area (Å²) in [6.45, 7) is 10.2. The Morgan fingerprint density at radius 2 is 2.05 bits per heavy atom. The number of ether oxygens (including phenoxy) is 2. The summed E-state index contributed by atoms with van der Waals surface area (Å²) >= 11 is 0. The third kappa shape index (κ3) is 7.14. The van der Waals surface area contributed by atoms with E-state index in [9.17, 15) is 9.90 Å². The van der Waals surface area contributed by atoms with Crippen LogP contribution in [0.15, 0.2) is 0 Å². The molecule has 0 aliphatic carbocycles. The number of hydrogen-bond donors (Lipinski definition) is 1. The molecule has 5 nitrogen and oxygen atoms in total. The van der Waals surface area contributed by atoms with Crippen LogP contribution in [0.3, 0.4) is 0 Å². The number of likely N-dealkylation sites (tertiary alicyclic amines) is 1. The molecule has 0 spiro atoms. The van der Waals surface area contributed by atoms with Crippen molar-refractivity contribution in [1.82, 2.24) is 4.90 Å². The van der Waals surface area contributed by atoms with E-state index in [4.69, 9.17) is 9.47 Å². The summed E-state index contributed by atoms with van der Waals surface area (Å²) in [5.74, 6) is 0.0768. The lowest BCUT2D eigenvalue weighted by Gasteiger charge is -2.37. The van der Waals surface area contributed by atoms with Crippen LogP contribution >= 0.6 is 0 Å². The Labute approximate surface area is 128 Å². The van der Waals surface area contributed by atoms with E-state index in [1.54, 1.807) is 4.90 Å². The minimum absolute atomic E-state index is 0.0768. The fraction of sp³-hybridized carbons (Fsp3) is 0.938. The van der Waals surface area contributed by atoms with E-state index in [-0.39, 0.29) is 18.1 Å². The lowest BCUT2D eigenvalue weighted by molar-refractivity contribution is -0.0164. The standard InChI is InChI=1S/C16H31NO4/c1-5-6-10-20-11-8-13-12-17(9-7-14(13)18)15(19)21-16(2,3)4/h13-14,18H,5-12H2,1-4H3. The minimum Gasteiger partial charge on any atom is -0.444 e. The molecule has 1 N–H and O–H groups in total. The number of hydrogen-bond acceptors (Lipinski definition) is 4. The van der Waals surface area contributed by atoms with Gasteiger partial charge < -0.3 is 19.5 Å². The largest absolute Gasteiger partial charge is 0.444 e. The number of piperidine rings is 1. The highest BCUT2D eigenvalue weighted by molar-refractivity contribution is 5.68. The van der Waals surface area contributed by atoms with E-state index < -0.39 is 5.60 Å². The van der Waals surface area contributed by atoms with Crippen LogP contribution < -0.4 is 0 Å². The first kappa shape index (κ1) is 18.2. The fourth-order valence-corrected chi connectivity index (χ4v) is 2.38. The lowest BCUT2D eigenvalue weighted by atomic mass is 9.92. The maximum Gasteiger partial charge on any atom is 0.410 e.